The van der Waals surface area contributed by atoms with Gasteiger partial charge in [0, 0.05) is 35.6 Å². The van der Waals surface area contributed by atoms with Crippen LogP contribution in [0.3, 0.4) is 0 Å². The molecule has 1 unspecified atom stereocenters. The first-order chi connectivity index (χ1) is 9.67. The third-order valence-electron chi connectivity index (χ3n) is 3.79. The van der Waals surface area contributed by atoms with Gasteiger partial charge in [0.2, 0.25) is 0 Å². The van der Waals surface area contributed by atoms with Crippen molar-refractivity contribution < 1.29 is 4.79 Å². The second kappa shape index (κ2) is 5.04. The number of carbonyl (C=O) groups excluding carboxylic acids is 1. The van der Waals surface area contributed by atoms with Crippen LogP contribution in [-0.2, 0) is 12.8 Å². The highest BCUT2D eigenvalue weighted by Crippen LogP contribution is 2.30. The normalized spacial score (nSPS) is 16.9. The van der Waals surface area contributed by atoms with Gasteiger partial charge in [0.15, 0.2) is 0 Å². The van der Waals surface area contributed by atoms with Crippen LogP contribution in [-0.4, -0.2) is 23.6 Å². The summed E-state index contributed by atoms with van der Waals surface area (Å²) in [6.45, 7) is 6.18. The molecule has 0 radical (unpaired) electrons. The fraction of sp³-hybridized carbons (Fsp3) is 0.312. The highest BCUT2D eigenvalue weighted by atomic mass is 16.2. The van der Waals surface area contributed by atoms with E-state index in [9.17, 15) is 4.79 Å². The zero-order chi connectivity index (χ0) is 14.1. The molecule has 0 bridgehead atoms. The van der Waals surface area contributed by atoms with E-state index in [0.29, 0.717) is 6.54 Å². The largest absolute Gasteiger partial charge is 0.358 e. The maximum absolute atomic E-state index is 11.7. The Labute approximate surface area is 118 Å². The summed E-state index contributed by atoms with van der Waals surface area (Å²) in [5.74, 6) is 0. The summed E-state index contributed by atoms with van der Waals surface area (Å²) < 4.78 is 0. The molecular weight excluding hydrogens is 250 g/mol. The SMILES string of the molecule is C=CCNC(=O)NC1Cc2[nH]c3ccc(C)cc3c2C1. The minimum absolute atomic E-state index is 0.125. The molecule has 4 nitrogen and oxygen atoms in total. The van der Waals surface area contributed by atoms with E-state index < -0.39 is 0 Å². The van der Waals surface area contributed by atoms with Crippen LogP contribution in [0.4, 0.5) is 4.79 Å². The van der Waals surface area contributed by atoms with Gasteiger partial charge in [0.25, 0.3) is 0 Å². The fourth-order valence-corrected chi connectivity index (χ4v) is 2.89. The number of fused-ring (bicyclic) bond motifs is 3. The smallest absolute Gasteiger partial charge is 0.315 e. The number of hydrogen-bond donors (Lipinski definition) is 3. The van der Waals surface area contributed by atoms with Crippen LogP contribution >= 0.6 is 0 Å². The number of carbonyl (C=O) groups is 1. The van der Waals surface area contributed by atoms with E-state index in [2.05, 4.69) is 47.3 Å². The number of nitrogens with one attached hydrogen (secondary N) is 3. The first-order valence-electron chi connectivity index (χ1n) is 6.92. The number of amides is 2. The molecule has 1 atom stereocenters. The van der Waals surface area contributed by atoms with Crippen LogP contribution in [0.5, 0.6) is 0 Å². The maximum Gasteiger partial charge on any atom is 0.315 e. The minimum atomic E-state index is -0.125. The first-order valence-corrected chi connectivity index (χ1v) is 6.92. The summed E-state index contributed by atoms with van der Waals surface area (Å²) >= 11 is 0. The zero-order valence-corrected chi connectivity index (χ0v) is 11.6. The molecule has 0 spiro atoms. The second-order valence-electron chi connectivity index (χ2n) is 5.38. The van der Waals surface area contributed by atoms with Crippen LogP contribution in [0.1, 0.15) is 16.8 Å². The molecule has 1 aliphatic carbocycles. The Morgan fingerprint density at radius 3 is 3.15 bits per heavy atom. The van der Waals surface area contributed by atoms with Crippen molar-refractivity contribution in [3.8, 4) is 0 Å². The third-order valence-corrected chi connectivity index (χ3v) is 3.79. The van der Waals surface area contributed by atoms with E-state index in [1.807, 2.05) is 0 Å². The number of aryl methyl sites for hydroxylation is 1. The fourth-order valence-electron chi connectivity index (χ4n) is 2.89. The molecule has 20 heavy (non-hydrogen) atoms. The molecule has 0 aliphatic heterocycles. The average molecular weight is 269 g/mol. The highest BCUT2D eigenvalue weighted by molar-refractivity contribution is 5.86. The molecule has 1 aliphatic rings. The monoisotopic (exact) mass is 269 g/mol. The first kappa shape index (κ1) is 12.8. The van der Waals surface area contributed by atoms with Crippen LogP contribution < -0.4 is 10.6 Å². The Morgan fingerprint density at radius 2 is 2.35 bits per heavy atom. The molecule has 3 rings (SSSR count). The van der Waals surface area contributed by atoms with E-state index in [1.54, 1.807) is 6.08 Å². The van der Waals surface area contributed by atoms with E-state index in [4.69, 9.17) is 0 Å². The molecule has 0 fully saturated rings. The summed E-state index contributed by atoms with van der Waals surface area (Å²) in [6.07, 6.45) is 3.43. The molecule has 4 heteroatoms. The van der Waals surface area contributed by atoms with E-state index in [0.717, 1.165) is 12.8 Å². The zero-order valence-electron chi connectivity index (χ0n) is 11.6. The average Bonchev–Trinajstić information content (AvgIpc) is 2.94. The molecule has 2 aromatic rings. The van der Waals surface area contributed by atoms with E-state index >= 15 is 0 Å². The Hall–Kier alpha value is -2.23. The highest BCUT2D eigenvalue weighted by Gasteiger charge is 2.26. The van der Waals surface area contributed by atoms with Crippen molar-refractivity contribution in [1.82, 2.24) is 15.6 Å². The van der Waals surface area contributed by atoms with Gasteiger partial charge < -0.3 is 15.6 Å². The van der Waals surface area contributed by atoms with Crippen molar-refractivity contribution in [3.63, 3.8) is 0 Å². The van der Waals surface area contributed by atoms with Crippen LogP contribution in [0.25, 0.3) is 10.9 Å². The summed E-state index contributed by atoms with van der Waals surface area (Å²) in [4.78, 5) is 15.1. The van der Waals surface area contributed by atoms with Crippen molar-refractivity contribution in [2.75, 3.05) is 6.54 Å². The number of urea groups is 1. The Balaban J connectivity index is 1.74. The predicted octanol–water partition coefficient (Wildman–Crippen LogP) is 2.43. The van der Waals surface area contributed by atoms with Gasteiger partial charge in [-0.2, -0.15) is 0 Å². The maximum atomic E-state index is 11.7. The Bertz CT molecular complexity index is 672. The van der Waals surface area contributed by atoms with Crippen LogP contribution in [0, 0.1) is 6.92 Å². The molecule has 1 aromatic heterocycles. The number of rotatable bonds is 3. The van der Waals surface area contributed by atoms with Crippen molar-refractivity contribution >= 4 is 16.9 Å². The van der Waals surface area contributed by atoms with Crippen LogP contribution in [0.2, 0.25) is 0 Å². The molecule has 2 amide bonds. The van der Waals surface area contributed by atoms with Crippen molar-refractivity contribution in [2.24, 2.45) is 0 Å². The summed E-state index contributed by atoms with van der Waals surface area (Å²) in [5, 5.41) is 7.04. The van der Waals surface area contributed by atoms with Gasteiger partial charge in [-0.1, -0.05) is 17.7 Å². The predicted molar refractivity (Wildman–Crippen MR) is 81.0 cm³/mol. The van der Waals surface area contributed by atoms with Crippen molar-refractivity contribution in [1.29, 1.82) is 0 Å². The summed E-state index contributed by atoms with van der Waals surface area (Å²) in [6, 6.07) is 6.51. The molecule has 0 saturated heterocycles. The van der Waals surface area contributed by atoms with E-state index in [-0.39, 0.29) is 12.1 Å². The minimum Gasteiger partial charge on any atom is -0.358 e. The molecular formula is C16H19N3O. The van der Waals surface area contributed by atoms with Crippen LogP contribution in [0.15, 0.2) is 30.9 Å². The molecule has 104 valence electrons. The van der Waals surface area contributed by atoms with Gasteiger partial charge in [0.1, 0.15) is 0 Å². The van der Waals surface area contributed by atoms with Crippen molar-refractivity contribution in [2.45, 2.75) is 25.8 Å². The lowest BCUT2D eigenvalue weighted by Crippen LogP contribution is -2.42. The third kappa shape index (κ3) is 2.29. The van der Waals surface area contributed by atoms with Gasteiger partial charge in [-0.15, -0.1) is 6.58 Å². The summed E-state index contributed by atoms with van der Waals surface area (Å²) in [7, 11) is 0. The lowest BCUT2D eigenvalue weighted by atomic mass is 10.1. The molecule has 0 saturated carbocycles. The van der Waals surface area contributed by atoms with Gasteiger partial charge in [0.05, 0.1) is 0 Å². The van der Waals surface area contributed by atoms with Gasteiger partial charge in [-0.05, 0) is 31.0 Å². The Morgan fingerprint density at radius 1 is 1.50 bits per heavy atom. The standard InChI is InChI=1S/C16H19N3O/c1-3-6-17-16(20)18-11-8-13-12-7-10(2)4-5-14(12)19-15(13)9-11/h3-5,7,11,19H,1,6,8-9H2,2H3,(H2,17,18,20). The lowest BCUT2D eigenvalue weighted by molar-refractivity contribution is 0.238. The molecule has 1 aromatic carbocycles. The van der Waals surface area contributed by atoms with Crippen molar-refractivity contribution in [3.05, 3.63) is 47.7 Å². The number of H-pyrrole nitrogens is 1. The Kier molecular flexibility index (Phi) is 3.22. The lowest BCUT2D eigenvalue weighted by Gasteiger charge is -2.12. The van der Waals surface area contributed by atoms with E-state index in [1.165, 1.54) is 27.7 Å². The number of hydrogen-bond acceptors (Lipinski definition) is 1. The number of benzene rings is 1. The number of aromatic amines is 1. The quantitative estimate of drug-likeness (QED) is 0.736. The second-order valence-corrected chi connectivity index (χ2v) is 5.38. The van der Waals surface area contributed by atoms with Gasteiger partial charge in [-0.25, -0.2) is 4.79 Å². The van der Waals surface area contributed by atoms with Gasteiger partial charge >= 0.3 is 6.03 Å². The molecule has 3 N–H and O–H groups in total. The molecule has 1 heterocycles. The number of aromatic nitrogens is 1. The summed E-state index contributed by atoms with van der Waals surface area (Å²) in [5.41, 5.74) is 5.05. The van der Waals surface area contributed by atoms with Gasteiger partial charge in [-0.3, -0.25) is 0 Å². The topological polar surface area (TPSA) is 56.9 Å².